The maximum atomic E-state index is 5.12. The van der Waals surface area contributed by atoms with Crippen molar-refractivity contribution in [2.24, 2.45) is 0 Å². The van der Waals surface area contributed by atoms with E-state index in [0.717, 1.165) is 10.2 Å². The monoisotopic (exact) mass is 296 g/mol. The standard InChI is InChI=1S/C11H13BrN4O/c1-7(2)9-4-5-16(15-9)11-13-6-8(12)10(14-11)17-3/h4-7H,1-3H3. The van der Waals surface area contributed by atoms with Gasteiger partial charge in [0.25, 0.3) is 5.95 Å². The van der Waals surface area contributed by atoms with Crippen LogP contribution in [0.5, 0.6) is 5.88 Å². The minimum Gasteiger partial charge on any atom is -0.480 e. The summed E-state index contributed by atoms with van der Waals surface area (Å²) in [7, 11) is 1.57. The van der Waals surface area contributed by atoms with Crippen LogP contribution < -0.4 is 4.74 Å². The van der Waals surface area contributed by atoms with Gasteiger partial charge in [0.2, 0.25) is 5.88 Å². The first kappa shape index (κ1) is 12.0. The van der Waals surface area contributed by atoms with Crippen LogP contribution in [0, 0.1) is 0 Å². The molecule has 2 rings (SSSR count). The lowest BCUT2D eigenvalue weighted by Gasteiger charge is -2.04. The first-order chi connectivity index (χ1) is 8.11. The Morgan fingerprint density at radius 1 is 1.41 bits per heavy atom. The highest BCUT2D eigenvalue weighted by Gasteiger charge is 2.09. The third-order valence-electron chi connectivity index (χ3n) is 2.30. The van der Waals surface area contributed by atoms with Crippen molar-refractivity contribution in [2.45, 2.75) is 19.8 Å². The molecule has 0 radical (unpaired) electrons. The molecule has 5 nitrogen and oxygen atoms in total. The van der Waals surface area contributed by atoms with Crippen LogP contribution in [0.25, 0.3) is 5.95 Å². The molecular formula is C11H13BrN4O. The number of hydrogen-bond donors (Lipinski definition) is 0. The topological polar surface area (TPSA) is 52.8 Å². The molecule has 0 aliphatic heterocycles. The second-order valence-corrected chi connectivity index (χ2v) is 4.72. The summed E-state index contributed by atoms with van der Waals surface area (Å²) in [5.74, 6) is 1.38. The van der Waals surface area contributed by atoms with Crippen molar-refractivity contribution < 1.29 is 4.74 Å². The van der Waals surface area contributed by atoms with Gasteiger partial charge >= 0.3 is 0 Å². The number of methoxy groups -OCH3 is 1. The van der Waals surface area contributed by atoms with Crippen molar-refractivity contribution in [2.75, 3.05) is 7.11 Å². The number of rotatable bonds is 3. The Morgan fingerprint density at radius 2 is 2.18 bits per heavy atom. The number of hydrogen-bond acceptors (Lipinski definition) is 4. The molecule has 2 heterocycles. The van der Waals surface area contributed by atoms with Crippen LogP contribution in [-0.2, 0) is 0 Å². The Labute approximate surface area is 108 Å². The average Bonchev–Trinajstić information content (AvgIpc) is 2.79. The molecule has 0 N–H and O–H groups in total. The molecule has 0 bridgehead atoms. The predicted octanol–water partition coefficient (Wildman–Crippen LogP) is 2.56. The molecule has 2 aromatic heterocycles. The zero-order chi connectivity index (χ0) is 12.4. The van der Waals surface area contributed by atoms with E-state index in [4.69, 9.17) is 4.74 Å². The molecule has 0 aromatic carbocycles. The smallest absolute Gasteiger partial charge is 0.253 e. The molecule has 0 saturated heterocycles. The van der Waals surface area contributed by atoms with Crippen LogP contribution in [0.4, 0.5) is 0 Å². The fraction of sp³-hybridized carbons (Fsp3) is 0.364. The Kier molecular flexibility index (Phi) is 3.42. The molecule has 0 unspecified atom stereocenters. The van der Waals surface area contributed by atoms with E-state index in [1.54, 1.807) is 18.0 Å². The van der Waals surface area contributed by atoms with Crippen molar-refractivity contribution in [1.82, 2.24) is 19.7 Å². The van der Waals surface area contributed by atoms with Crippen LogP contribution in [-0.4, -0.2) is 26.9 Å². The second-order valence-electron chi connectivity index (χ2n) is 3.87. The van der Waals surface area contributed by atoms with Crippen LogP contribution in [0.15, 0.2) is 22.9 Å². The van der Waals surface area contributed by atoms with Gasteiger partial charge in [-0.1, -0.05) is 13.8 Å². The Morgan fingerprint density at radius 3 is 2.76 bits per heavy atom. The quantitative estimate of drug-likeness (QED) is 0.873. The molecule has 0 fully saturated rings. The van der Waals surface area contributed by atoms with Gasteiger partial charge in [0, 0.05) is 6.20 Å². The van der Waals surface area contributed by atoms with Gasteiger partial charge in [-0.2, -0.15) is 10.1 Å². The molecule has 17 heavy (non-hydrogen) atoms. The van der Waals surface area contributed by atoms with E-state index >= 15 is 0 Å². The fourth-order valence-electron chi connectivity index (χ4n) is 1.35. The Bertz CT molecular complexity index is 524. The lowest BCUT2D eigenvalue weighted by molar-refractivity contribution is 0.392. The average molecular weight is 297 g/mol. The molecule has 90 valence electrons. The highest BCUT2D eigenvalue weighted by molar-refractivity contribution is 9.10. The van der Waals surface area contributed by atoms with Crippen molar-refractivity contribution >= 4 is 15.9 Å². The van der Waals surface area contributed by atoms with E-state index in [1.807, 2.05) is 12.3 Å². The number of halogens is 1. The summed E-state index contributed by atoms with van der Waals surface area (Å²) in [4.78, 5) is 8.45. The number of ether oxygens (including phenoxy) is 1. The summed E-state index contributed by atoms with van der Waals surface area (Å²) in [5, 5.41) is 4.41. The molecule has 0 atom stereocenters. The first-order valence-electron chi connectivity index (χ1n) is 5.24. The van der Waals surface area contributed by atoms with E-state index in [1.165, 1.54) is 0 Å². The van der Waals surface area contributed by atoms with Gasteiger partial charge in [-0.3, -0.25) is 0 Å². The predicted molar refractivity (Wildman–Crippen MR) is 67.5 cm³/mol. The summed E-state index contributed by atoms with van der Waals surface area (Å²) >= 11 is 3.31. The summed E-state index contributed by atoms with van der Waals surface area (Å²) in [6.07, 6.45) is 3.50. The second kappa shape index (κ2) is 4.83. The summed E-state index contributed by atoms with van der Waals surface area (Å²) in [6, 6.07) is 1.96. The molecule has 6 heteroatoms. The summed E-state index contributed by atoms with van der Waals surface area (Å²) < 4.78 is 7.49. The zero-order valence-electron chi connectivity index (χ0n) is 9.88. The van der Waals surface area contributed by atoms with Gasteiger partial charge in [0.1, 0.15) is 0 Å². The van der Waals surface area contributed by atoms with E-state index < -0.39 is 0 Å². The molecule has 0 spiro atoms. The normalized spacial score (nSPS) is 10.9. The highest BCUT2D eigenvalue weighted by atomic mass is 79.9. The molecule has 0 aliphatic rings. The van der Waals surface area contributed by atoms with Crippen molar-refractivity contribution in [3.05, 3.63) is 28.6 Å². The number of aromatic nitrogens is 4. The van der Waals surface area contributed by atoms with E-state index in [-0.39, 0.29) is 0 Å². The molecule has 0 saturated carbocycles. The van der Waals surface area contributed by atoms with Crippen molar-refractivity contribution in [1.29, 1.82) is 0 Å². The Balaban J connectivity index is 2.38. The third-order valence-corrected chi connectivity index (χ3v) is 2.84. The van der Waals surface area contributed by atoms with Crippen molar-refractivity contribution in [3.8, 4) is 11.8 Å². The van der Waals surface area contributed by atoms with Crippen LogP contribution in [0.3, 0.4) is 0 Å². The third kappa shape index (κ3) is 2.46. The molecule has 2 aromatic rings. The summed E-state index contributed by atoms with van der Waals surface area (Å²) in [6.45, 7) is 4.19. The van der Waals surface area contributed by atoms with Gasteiger partial charge in [-0.05, 0) is 27.9 Å². The Hall–Kier alpha value is -1.43. The van der Waals surface area contributed by atoms with Crippen LogP contribution in [0.1, 0.15) is 25.5 Å². The fourth-order valence-corrected chi connectivity index (χ4v) is 1.71. The van der Waals surface area contributed by atoms with E-state index in [9.17, 15) is 0 Å². The van der Waals surface area contributed by atoms with Gasteiger partial charge in [-0.25, -0.2) is 9.67 Å². The minimum atomic E-state index is 0.383. The molecule has 0 amide bonds. The molecular weight excluding hydrogens is 284 g/mol. The summed E-state index contributed by atoms with van der Waals surface area (Å²) in [5.41, 5.74) is 1.01. The number of nitrogens with zero attached hydrogens (tertiary/aromatic N) is 4. The zero-order valence-corrected chi connectivity index (χ0v) is 11.5. The lowest BCUT2D eigenvalue weighted by Crippen LogP contribution is -2.04. The highest BCUT2D eigenvalue weighted by Crippen LogP contribution is 2.21. The van der Waals surface area contributed by atoms with E-state index in [2.05, 4.69) is 44.8 Å². The lowest BCUT2D eigenvalue weighted by atomic mass is 10.1. The van der Waals surface area contributed by atoms with Gasteiger partial charge in [0.15, 0.2) is 0 Å². The molecule has 0 aliphatic carbocycles. The van der Waals surface area contributed by atoms with Crippen LogP contribution in [0.2, 0.25) is 0 Å². The van der Waals surface area contributed by atoms with Crippen molar-refractivity contribution in [3.63, 3.8) is 0 Å². The maximum Gasteiger partial charge on any atom is 0.253 e. The van der Waals surface area contributed by atoms with Gasteiger partial charge < -0.3 is 4.74 Å². The minimum absolute atomic E-state index is 0.383. The first-order valence-corrected chi connectivity index (χ1v) is 6.03. The van der Waals surface area contributed by atoms with Gasteiger partial charge in [0.05, 0.1) is 23.5 Å². The van der Waals surface area contributed by atoms with E-state index in [0.29, 0.717) is 17.7 Å². The van der Waals surface area contributed by atoms with Crippen LogP contribution >= 0.6 is 15.9 Å². The largest absolute Gasteiger partial charge is 0.480 e. The maximum absolute atomic E-state index is 5.12. The SMILES string of the molecule is COc1nc(-n2ccc(C(C)C)n2)ncc1Br. The van der Waals surface area contributed by atoms with Gasteiger partial charge in [-0.15, -0.1) is 0 Å².